The molecule has 1 heterocycles. The van der Waals surface area contributed by atoms with Gasteiger partial charge in [-0.25, -0.2) is 0 Å². The van der Waals surface area contributed by atoms with Crippen molar-refractivity contribution in [3.05, 3.63) is 58.5 Å². The molecule has 1 aromatic heterocycles. The molecule has 3 aromatic rings. The Balaban J connectivity index is 1.85. The standard InChI is InChI=1S/C21H23BOS/c1-3-5-10-23-20-14-15(4-2)17(13-19(20)22)12-18-11-16-8-6-7-9-21(16)24-18/h6-9,11,13-14H,3-5,10,12H2,1-2H3. The van der Waals surface area contributed by atoms with Crippen molar-refractivity contribution in [3.63, 3.8) is 0 Å². The fourth-order valence-electron chi connectivity index (χ4n) is 2.94. The molecule has 0 saturated carbocycles. The Labute approximate surface area is 150 Å². The van der Waals surface area contributed by atoms with Crippen molar-refractivity contribution in [1.29, 1.82) is 0 Å². The highest BCUT2D eigenvalue weighted by Crippen LogP contribution is 2.28. The van der Waals surface area contributed by atoms with Crippen molar-refractivity contribution in [2.75, 3.05) is 6.61 Å². The van der Waals surface area contributed by atoms with Gasteiger partial charge in [-0.2, -0.15) is 0 Å². The van der Waals surface area contributed by atoms with Crippen LogP contribution in [0.4, 0.5) is 0 Å². The highest BCUT2D eigenvalue weighted by molar-refractivity contribution is 7.19. The fourth-order valence-corrected chi connectivity index (χ4v) is 4.03. The zero-order valence-electron chi connectivity index (χ0n) is 14.5. The number of rotatable bonds is 7. The monoisotopic (exact) mass is 334 g/mol. The molecule has 0 aliphatic heterocycles. The molecule has 0 aliphatic rings. The molecule has 0 atom stereocenters. The number of unbranched alkanes of at least 4 members (excludes halogenated alkanes) is 1. The van der Waals surface area contributed by atoms with Gasteiger partial charge < -0.3 is 4.74 Å². The van der Waals surface area contributed by atoms with E-state index in [9.17, 15) is 0 Å². The van der Waals surface area contributed by atoms with E-state index in [0.717, 1.165) is 43.5 Å². The van der Waals surface area contributed by atoms with Gasteiger partial charge in [-0.3, -0.25) is 0 Å². The highest BCUT2D eigenvalue weighted by Gasteiger charge is 2.10. The van der Waals surface area contributed by atoms with Gasteiger partial charge in [0.25, 0.3) is 0 Å². The first-order chi connectivity index (χ1) is 11.7. The van der Waals surface area contributed by atoms with Crippen LogP contribution in [0.25, 0.3) is 10.1 Å². The molecule has 3 heteroatoms. The molecule has 0 bridgehead atoms. The van der Waals surface area contributed by atoms with Crippen LogP contribution in [0.2, 0.25) is 0 Å². The van der Waals surface area contributed by atoms with E-state index in [1.807, 2.05) is 11.3 Å². The number of aryl methyl sites for hydroxylation is 1. The quantitative estimate of drug-likeness (QED) is 0.435. The molecule has 2 aromatic carbocycles. The number of fused-ring (bicyclic) bond motifs is 1. The average Bonchev–Trinajstić information content (AvgIpc) is 2.99. The molecule has 3 rings (SSSR count). The van der Waals surface area contributed by atoms with E-state index in [-0.39, 0.29) is 0 Å². The number of ether oxygens (including phenoxy) is 1. The minimum atomic E-state index is 0.736. The second-order valence-electron chi connectivity index (χ2n) is 6.14. The van der Waals surface area contributed by atoms with Crippen molar-refractivity contribution in [1.82, 2.24) is 0 Å². The first-order valence-corrected chi connectivity index (χ1v) is 9.54. The van der Waals surface area contributed by atoms with Crippen LogP contribution in [-0.2, 0) is 12.8 Å². The normalized spacial score (nSPS) is 11.1. The third-order valence-electron chi connectivity index (χ3n) is 4.31. The zero-order valence-corrected chi connectivity index (χ0v) is 15.3. The molecule has 0 unspecified atom stereocenters. The van der Waals surface area contributed by atoms with Gasteiger partial charge in [0.1, 0.15) is 13.6 Å². The van der Waals surface area contributed by atoms with E-state index in [1.54, 1.807) is 0 Å². The minimum absolute atomic E-state index is 0.736. The Morgan fingerprint density at radius 3 is 2.62 bits per heavy atom. The second-order valence-corrected chi connectivity index (χ2v) is 7.31. The van der Waals surface area contributed by atoms with E-state index < -0.39 is 0 Å². The Kier molecular flexibility index (Phi) is 5.62. The van der Waals surface area contributed by atoms with Gasteiger partial charge in [0.05, 0.1) is 6.61 Å². The maximum absolute atomic E-state index is 6.23. The maximum atomic E-state index is 6.23. The van der Waals surface area contributed by atoms with E-state index in [0.29, 0.717) is 0 Å². The van der Waals surface area contributed by atoms with Gasteiger partial charge in [-0.1, -0.05) is 50.0 Å². The molecule has 0 spiro atoms. The van der Waals surface area contributed by atoms with Crippen molar-refractivity contribution >= 4 is 34.7 Å². The predicted molar refractivity (Wildman–Crippen MR) is 106 cm³/mol. The summed E-state index contributed by atoms with van der Waals surface area (Å²) in [6, 6.07) is 15.1. The third kappa shape index (κ3) is 3.84. The Morgan fingerprint density at radius 1 is 1.04 bits per heavy atom. The fraction of sp³-hybridized carbons (Fsp3) is 0.333. The van der Waals surface area contributed by atoms with Gasteiger partial charge in [0.2, 0.25) is 0 Å². The molecule has 122 valence electrons. The van der Waals surface area contributed by atoms with Crippen LogP contribution in [0.5, 0.6) is 5.75 Å². The lowest BCUT2D eigenvalue weighted by atomic mass is 9.88. The molecule has 0 saturated heterocycles. The summed E-state index contributed by atoms with van der Waals surface area (Å²) in [4.78, 5) is 1.38. The average molecular weight is 334 g/mol. The van der Waals surface area contributed by atoms with Crippen LogP contribution in [0.3, 0.4) is 0 Å². The van der Waals surface area contributed by atoms with Gasteiger partial charge in [-0.15, -0.1) is 11.3 Å². The van der Waals surface area contributed by atoms with E-state index in [4.69, 9.17) is 12.6 Å². The molecular weight excluding hydrogens is 311 g/mol. The van der Waals surface area contributed by atoms with E-state index >= 15 is 0 Å². The lowest BCUT2D eigenvalue weighted by molar-refractivity contribution is 0.311. The topological polar surface area (TPSA) is 9.23 Å². The predicted octanol–water partition coefficient (Wildman–Crippen LogP) is 5.03. The third-order valence-corrected chi connectivity index (χ3v) is 5.43. The summed E-state index contributed by atoms with van der Waals surface area (Å²) < 4.78 is 7.20. The molecule has 2 radical (unpaired) electrons. The van der Waals surface area contributed by atoms with E-state index in [2.05, 4.69) is 56.3 Å². The number of thiophene rings is 1. The summed E-state index contributed by atoms with van der Waals surface area (Å²) in [5, 5.41) is 1.32. The Hall–Kier alpha value is -1.74. The Morgan fingerprint density at radius 2 is 1.88 bits per heavy atom. The smallest absolute Gasteiger partial charge is 0.119 e. The second kappa shape index (κ2) is 7.89. The summed E-state index contributed by atoms with van der Waals surface area (Å²) in [6.07, 6.45) is 4.11. The summed E-state index contributed by atoms with van der Waals surface area (Å²) in [5.41, 5.74) is 3.39. The summed E-state index contributed by atoms with van der Waals surface area (Å²) >= 11 is 1.87. The van der Waals surface area contributed by atoms with Crippen molar-refractivity contribution in [2.45, 2.75) is 39.5 Å². The summed E-state index contributed by atoms with van der Waals surface area (Å²) in [5.74, 6) is 0.834. The molecule has 0 N–H and O–H groups in total. The highest BCUT2D eigenvalue weighted by atomic mass is 32.1. The van der Waals surface area contributed by atoms with Crippen LogP contribution < -0.4 is 10.2 Å². The van der Waals surface area contributed by atoms with Gasteiger partial charge >= 0.3 is 0 Å². The molecule has 24 heavy (non-hydrogen) atoms. The maximum Gasteiger partial charge on any atom is 0.119 e. The molecule has 0 aliphatic carbocycles. The largest absolute Gasteiger partial charge is 0.494 e. The summed E-state index contributed by atoms with van der Waals surface area (Å²) in [7, 11) is 6.23. The van der Waals surface area contributed by atoms with Crippen LogP contribution in [0.1, 0.15) is 42.7 Å². The van der Waals surface area contributed by atoms with Crippen LogP contribution in [0, 0.1) is 0 Å². The number of hydrogen-bond acceptors (Lipinski definition) is 2. The van der Waals surface area contributed by atoms with Crippen LogP contribution in [-0.4, -0.2) is 14.5 Å². The first kappa shape index (κ1) is 17.1. The SMILES string of the molecule is [B]c1cc(Cc2cc3ccccc3s2)c(CC)cc1OCCCC. The zero-order chi connectivity index (χ0) is 16.9. The molecule has 1 nitrogen and oxygen atoms in total. The van der Waals surface area contributed by atoms with Gasteiger partial charge in [0, 0.05) is 16.0 Å². The van der Waals surface area contributed by atoms with Crippen LogP contribution in [0.15, 0.2) is 42.5 Å². The van der Waals surface area contributed by atoms with Crippen molar-refractivity contribution in [2.24, 2.45) is 0 Å². The first-order valence-electron chi connectivity index (χ1n) is 8.72. The van der Waals surface area contributed by atoms with Gasteiger partial charge in [0.15, 0.2) is 0 Å². The summed E-state index contributed by atoms with van der Waals surface area (Å²) in [6.45, 7) is 5.09. The number of hydrogen-bond donors (Lipinski definition) is 0. The minimum Gasteiger partial charge on any atom is -0.494 e. The van der Waals surface area contributed by atoms with Crippen LogP contribution >= 0.6 is 11.3 Å². The number of benzene rings is 2. The molecular formula is C21H23BOS. The van der Waals surface area contributed by atoms with E-state index in [1.165, 1.54) is 26.1 Å². The van der Waals surface area contributed by atoms with Crippen molar-refractivity contribution in [3.8, 4) is 5.75 Å². The lowest BCUT2D eigenvalue weighted by Crippen LogP contribution is -2.13. The molecule has 0 amide bonds. The van der Waals surface area contributed by atoms with Crippen molar-refractivity contribution < 1.29 is 4.74 Å². The molecule has 0 fully saturated rings. The lowest BCUT2D eigenvalue weighted by Gasteiger charge is -2.14. The Bertz CT molecular complexity index is 789. The van der Waals surface area contributed by atoms with Gasteiger partial charge in [-0.05, 0) is 47.6 Å².